The maximum Gasteiger partial charge on any atom is 0.124 e. The molecule has 1 aliphatic heterocycles. The second-order valence-electron chi connectivity index (χ2n) is 5.01. The second-order valence-corrected chi connectivity index (χ2v) is 5.01. The van der Waals surface area contributed by atoms with Gasteiger partial charge in [0.05, 0.1) is 12.2 Å². The number of para-hydroxylation sites is 1. The van der Waals surface area contributed by atoms with Gasteiger partial charge in [-0.25, -0.2) is 0 Å². The van der Waals surface area contributed by atoms with Gasteiger partial charge in [0.25, 0.3) is 0 Å². The molecule has 0 bridgehead atoms. The number of hydrogen-bond acceptors (Lipinski definition) is 3. The molecule has 1 fully saturated rings. The average molecular weight is 249 g/mol. The van der Waals surface area contributed by atoms with E-state index in [1.807, 2.05) is 24.3 Å². The highest BCUT2D eigenvalue weighted by Gasteiger charge is 2.22. The number of ether oxygens (including phenoxy) is 2. The predicted molar refractivity (Wildman–Crippen MR) is 72.7 cm³/mol. The molecule has 1 aromatic rings. The Bertz CT molecular complexity index is 381. The Morgan fingerprint density at radius 1 is 1.39 bits per heavy atom. The minimum Gasteiger partial charge on any atom is -0.491 e. The third-order valence-electron chi connectivity index (χ3n) is 3.50. The van der Waals surface area contributed by atoms with Crippen molar-refractivity contribution in [1.29, 1.82) is 0 Å². The number of hydrogen-bond donors (Lipinski definition) is 1. The molecule has 1 saturated heterocycles. The van der Waals surface area contributed by atoms with Crippen molar-refractivity contribution in [1.82, 2.24) is 0 Å². The molecule has 0 aromatic heterocycles. The van der Waals surface area contributed by atoms with Crippen LogP contribution >= 0.6 is 0 Å². The van der Waals surface area contributed by atoms with Gasteiger partial charge >= 0.3 is 0 Å². The highest BCUT2D eigenvalue weighted by atomic mass is 16.5. The van der Waals surface area contributed by atoms with Crippen molar-refractivity contribution in [3.8, 4) is 5.75 Å². The Balaban J connectivity index is 1.96. The standard InChI is InChI=1S/C15H23NO2/c1-3-14(16)13-6-4-5-7-15(13)17-10-12-9-8-11(2)18-12/h4-7,11-12,14H,3,8-10,16H2,1-2H3/t11?,12?,14-/m1/s1. The highest BCUT2D eigenvalue weighted by molar-refractivity contribution is 5.35. The van der Waals surface area contributed by atoms with Crippen molar-refractivity contribution < 1.29 is 9.47 Å². The van der Waals surface area contributed by atoms with Gasteiger partial charge in [-0.15, -0.1) is 0 Å². The molecule has 3 heteroatoms. The highest BCUT2D eigenvalue weighted by Crippen LogP contribution is 2.27. The van der Waals surface area contributed by atoms with Crippen LogP contribution < -0.4 is 10.5 Å². The number of benzene rings is 1. The molecule has 1 aromatic carbocycles. The minimum atomic E-state index is 0.0459. The molecule has 3 atom stereocenters. The molecule has 1 aliphatic rings. The zero-order chi connectivity index (χ0) is 13.0. The zero-order valence-corrected chi connectivity index (χ0v) is 11.3. The quantitative estimate of drug-likeness (QED) is 0.872. The Labute approximate surface area is 109 Å². The summed E-state index contributed by atoms with van der Waals surface area (Å²) in [5.74, 6) is 0.898. The van der Waals surface area contributed by atoms with Crippen LogP contribution in [0.1, 0.15) is 44.7 Å². The van der Waals surface area contributed by atoms with Crippen molar-refractivity contribution in [3.63, 3.8) is 0 Å². The summed E-state index contributed by atoms with van der Waals surface area (Å²) in [7, 11) is 0. The lowest BCUT2D eigenvalue weighted by Crippen LogP contribution is -2.19. The van der Waals surface area contributed by atoms with Crippen LogP contribution in [-0.2, 0) is 4.74 Å². The predicted octanol–water partition coefficient (Wildman–Crippen LogP) is 3.04. The van der Waals surface area contributed by atoms with E-state index >= 15 is 0 Å². The van der Waals surface area contributed by atoms with Crippen LogP contribution in [0.5, 0.6) is 5.75 Å². The Hall–Kier alpha value is -1.06. The Morgan fingerprint density at radius 3 is 2.83 bits per heavy atom. The molecule has 3 nitrogen and oxygen atoms in total. The van der Waals surface area contributed by atoms with Crippen LogP contribution in [0.15, 0.2) is 24.3 Å². The Morgan fingerprint density at radius 2 is 2.17 bits per heavy atom. The molecular formula is C15H23NO2. The lowest BCUT2D eigenvalue weighted by molar-refractivity contribution is 0.0262. The fraction of sp³-hybridized carbons (Fsp3) is 0.600. The lowest BCUT2D eigenvalue weighted by atomic mass is 10.0. The van der Waals surface area contributed by atoms with Gasteiger partial charge in [-0.3, -0.25) is 0 Å². The molecule has 100 valence electrons. The van der Waals surface area contributed by atoms with E-state index in [0.717, 1.165) is 30.6 Å². The first-order valence-corrected chi connectivity index (χ1v) is 6.83. The minimum absolute atomic E-state index is 0.0459. The fourth-order valence-electron chi connectivity index (χ4n) is 2.33. The maximum atomic E-state index is 6.09. The van der Waals surface area contributed by atoms with E-state index in [9.17, 15) is 0 Å². The van der Waals surface area contributed by atoms with Gasteiger partial charge in [0.1, 0.15) is 12.4 Å². The molecule has 0 radical (unpaired) electrons. The largest absolute Gasteiger partial charge is 0.491 e. The zero-order valence-electron chi connectivity index (χ0n) is 11.3. The normalized spacial score (nSPS) is 25.1. The first kappa shape index (κ1) is 13.4. The lowest BCUT2D eigenvalue weighted by Gasteiger charge is -2.18. The van der Waals surface area contributed by atoms with Crippen molar-refractivity contribution in [2.45, 2.75) is 51.4 Å². The van der Waals surface area contributed by atoms with Gasteiger partial charge in [0.15, 0.2) is 0 Å². The van der Waals surface area contributed by atoms with E-state index in [-0.39, 0.29) is 12.1 Å². The molecule has 0 spiro atoms. The van der Waals surface area contributed by atoms with Gasteiger partial charge in [-0.2, -0.15) is 0 Å². The monoisotopic (exact) mass is 249 g/mol. The van der Waals surface area contributed by atoms with Crippen molar-refractivity contribution >= 4 is 0 Å². The van der Waals surface area contributed by atoms with Crippen LogP contribution in [-0.4, -0.2) is 18.8 Å². The van der Waals surface area contributed by atoms with Gasteiger partial charge in [0.2, 0.25) is 0 Å². The Kier molecular flexibility index (Phi) is 4.61. The van der Waals surface area contributed by atoms with E-state index in [1.165, 1.54) is 0 Å². The van der Waals surface area contributed by atoms with E-state index in [1.54, 1.807) is 0 Å². The SMILES string of the molecule is CC[C@@H](N)c1ccccc1OCC1CCC(C)O1. The molecule has 0 aliphatic carbocycles. The molecule has 0 amide bonds. The molecule has 18 heavy (non-hydrogen) atoms. The van der Waals surface area contributed by atoms with Crippen LogP contribution in [0.2, 0.25) is 0 Å². The molecular weight excluding hydrogens is 226 g/mol. The topological polar surface area (TPSA) is 44.5 Å². The van der Waals surface area contributed by atoms with E-state index in [4.69, 9.17) is 15.2 Å². The molecule has 0 saturated carbocycles. The number of nitrogens with two attached hydrogens (primary N) is 1. The molecule has 1 heterocycles. The summed E-state index contributed by atoms with van der Waals surface area (Å²) >= 11 is 0. The first-order valence-electron chi connectivity index (χ1n) is 6.83. The summed E-state index contributed by atoms with van der Waals surface area (Å²) in [5.41, 5.74) is 7.18. The van der Waals surface area contributed by atoms with Crippen molar-refractivity contribution in [3.05, 3.63) is 29.8 Å². The van der Waals surface area contributed by atoms with Gasteiger partial charge in [-0.1, -0.05) is 25.1 Å². The second kappa shape index (κ2) is 6.21. The summed E-state index contributed by atoms with van der Waals surface area (Å²) in [4.78, 5) is 0. The van der Waals surface area contributed by atoms with E-state index < -0.39 is 0 Å². The molecule has 2 N–H and O–H groups in total. The summed E-state index contributed by atoms with van der Waals surface area (Å²) < 4.78 is 11.6. The van der Waals surface area contributed by atoms with E-state index in [0.29, 0.717) is 12.7 Å². The van der Waals surface area contributed by atoms with Gasteiger partial charge in [0, 0.05) is 11.6 Å². The third-order valence-corrected chi connectivity index (χ3v) is 3.50. The van der Waals surface area contributed by atoms with Crippen molar-refractivity contribution in [2.75, 3.05) is 6.61 Å². The van der Waals surface area contributed by atoms with Crippen LogP contribution in [0, 0.1) is 0 Å². The van der Waals surface area contributed by atoms with Crippen LogP contribution in [0.3, 0.4) is 0 Å². The van der Waals surface area contributed by atoms with E-state index in [2.05, 4.69) is 13.8 Å². The van der Waals surface area contributed by atoms with Gasteiger partial charge in [-0.05, 0) is 32.3 Å². The summed E-state index contributed by atoms with van der Waals surface area (Å²) in [6.45, 7) is 4.82. The maximum absolute atomic E-state index is 6.09. The molecule has 2 rings (SSSR count). The number of rotatable bonds is 5. The van der Waals surface area contributed by atoms with Crippen molar-refractivity contribution in [2.24, 2.45) is 5.73 Å². The summed E-state index contributed by atoms with van der Waals surface area (Å²) in [5, 5.41) is 0. The first-order chi connectivity index (χ1) is 8.70. The average Bonchev–Trinajstić information content (AvgIpc) is 2.81. The molecule has 2 unspecified atom stereocenters. The van der Waals surface area contributed by atoms with Crippen LogP contribution in [0.25, 0.3) is 0 Å². The fourth-order valence-corrected chi connectivity index (χ4v) is 2.33. The summed E-state index contributed by atoms with van der Waals surface area (Å²) in [6, 6.07) is 8.07. The third kappa shape index (κ3) is 3.24. The van der Waals surface area contributed by atoms with Crippen LogP contribution in [0.4, 0.5) is 0 Å². The smallest absolute Gasteiger partial charge is 0.124 e. The summed E-state index contributed by atoms with van der Waals surface area (Å²) in [6.07, 6.45) is 3.72. The van der Waals surface area contributed by atoms with Gasteiger partial charge < -0.3 is 15.2 Å².